The van der Waals surface area contributed by atoms with Crippen LogP contribution in [-0.2, 0) is 4.74 Å². The van der Waals surface area contributed by atoms with Crippen molar-refractivity contribution in [3.63, 3.8) is 0 Å². The number of fused-ring (bicyclic) bond motifs is 1. The molecule has 12 heteroatoms. The van der Waals surface area contributed by atoms with Crippen LogP contribution in [0.1, 0.15) is 17.0 Å². The van der Waals surface area contributed by atoms with Crippen molar-refractivity contribution in [1.29, 1.82) is 5.26 Å². The molecular weight excluding hydrogens is 612 g/mol. The number of ether oxygens (including phenoxy) is 3. The van der Waals surface area contributed by atoms with Gasteiger partial charge in [-0.1, -0.05) is 24.3 Å². The normalized spacial score (nSPS) is 13.5. The topological polar surface area (TPSA) is 134 Å². The van der Waals surface area contributed by atoms with E-state index in [1.54, 1.807) is 25.3 Å². The number of aromatic amines is 1. The van der Waals surface area contributed by atoms with Crippen LogP contribution < -0.4 is 19.7 Å². The molecule has 216 valence electrons. The monoisotopic (exact) mass is 638 g/mol. The van der Waals surface area contributed by atoms with Gasteiger partial charge >= 0.3 is 6.01 Å². The second kappa shape index (κ2) is 12.5. The van der Waals surface area contributed by atoms with E-state index in [-0.39, 0.29) is 6.01 Å². The zero-order chi connectivity index (χ0) is 29.8. The van der Waals surface area contributed by atoms with Crippen molar-refractivity contribution in [2.24, 2.45) is 0 Å². The highest BCUT2D eigenvalue weighted by atomic mass is 79.9. The van der Waals surface area contributed by atoms with Gasteiger partial charge in [-0.15, -0.1) is 0 Å². The molecular formula is C31H27BrN8O3. The standard InChI is InChI=1S/C31H27BrN8O3/c1-19-7-9-23(22(32)15-19)36-29-37-30(40-11-13-42-14-12-40)39-31(38-29)43-26-10-8-20(17-27(26)41-2)16-21(18-33)28-34-24-5-3-4-6-25(24)35-28/h3-10,15-17H,11-14H2,1-2H3,(H,34,35)(H,36,37,38,39)/b21-16+. The third-order valence-electron chi connectivity index (χ3n) is 6.73. The summed E-state index contributed by atoms with van der Waals surface area (Å²) in [7, 11) is 1.55. The summed E-state index contributed by atoms with van der Waals surface area (Å²) in [5.74, 6) is 2.15. The Morgan fingerprint density at radius 3 is 2.65 bits per heavy atom. The SMILES string of the molecule is COc1cc(/C=C(\C#N)c2nc3ccccc3[nH]2)ccc1Oc1nc(Nc2ccc(C)cc2Br)nc(N2CCOCC2)n1. The third kappa shape index (κ3) is 6.43. The number of aromatic nitrogens is 5. The predicted octanol–water partition coefficient (Wildman–Crippen LogP) is 6.26. The summed E-state index contributed by atoms with van der Waals surface area (Å²) in [6.07, 6.45) is 1.74. The summed E-state index contributed by atoms with van der Waals surface area (Å²) in [6, 6.07) is 21.3. The minimum Gasteiger partial charge on any atom is -0.493 e. The van der Waals surface area contributed by atoms with E-state index in [0.717, 1.165) is 32.3 Å². The molecule has 1 aliphatic rings. The molecule has 0 amide bonds. The fourth-order valence-electron chi connectivity index (χ4n) is 4.55. The first-order chi connectivity index (χ1) is 21.0. The number of aryl methyl sites for hydroxylation is 1. The second-order valence-corrected chi connectivity index (χ2v) is 10.6. The smallest absolute Gasteiger partial charge is 0.328 e. The number of benzene rings is 3. The van der Waals surface area contributed by atoms with Crippen molar-refractivity contribution in [1.82, 2.24) is 24.9 Å². The Morgan fingerprint density at radius 1 is 1.05 bits per heavy atom. The summed E-state index contributed by atoms with van der Waals surface area (Å²) in [4.78, 5) is 23.6. The van der Waals surface area contributed by atoms with E-state index < -0.39 is 0 Å². The number of nitriles is 1. The fourth-order valence-corrected chi connectivity index (χ4v) is 5.14. The van der Waals surface area contributed by atoms with E-state index in [2.05, 4.69) is 52.2 Å². The number of nitrogens with zero attached hydrogens (tertiary/aromatic N) is 6. The van der Waals surface area contributed by atoms with Crippen molar-refractivity contribution >= 4 is 56.2 Å². The van der Waals surface area contributed by atoms with Crippen LogP contribution >= 0.6 is 15.9 Å². The first-order valence-corrected chi connectivity index (χ1v) is 14.3. The molecule has 0 spiro atoms. The highest BCUT2D eigenvalue weighted by Crippen LogP contribution is 2.34. The zero-order valence-electron chi connectivity index (χ0n) is 23.5. The number of morpholine rings is 1. The summed E-state index contributed by atoms with van der Waals surface area (Å²) < 4.78 is 18.2. The minimum atomic E-state index is 0.101. The third-order valence-corrected chi connectivity index (χ3v) is 7.39. The molecule has 3 heterocycles. The van der Waals surface area contributed by atoms with Crippen LogP contribution in [0.4, 0.5) is 17.6 Å². The number of imidazole rings is 1. The van der Waals surface area contributed by atoms with Crippen molar-refractivity contribution < 1.29 is 14.2 Å². The van der Waals surface area contributed by atoms with Gasteiger partial charge in [-0.3, -0.25) is 0 Å². The summed E-state index contributed by atoms with van der Waals surface area (Å²) in [5.41, 5.74) is 4.70. The molecule has 3 aromatic carbocycles. The van der Waals surface area contributed by atoms with E-state index >= 15 is 0 Å². The zero-order valence-corrected chi connectivity index (χ0v) is 25.1. The van der Waals surface area contributed by atoms with Gasteiger partial charge in [0.25, 0.3) is 0 Å². The summed E-state index contributed by atoms with van der Waals surface area (Å²) in [5, 5.41) is 13.1. The molecule has 5 aromatic rings. The molecule has 2 aromatic heterocycles. The number of hydrogen-bond acceptors (Lipinski definition) is 10. The first kappa shape index (κ1) is 28.1. The first-order valence-electron chi connectivity index (χ1n) is 13.5. The van der Waals surface area contributed by atoms with Gasteiger partial charge in [0.2, 0.25) is 11.9 Å². The van der Waals surface area contributed by atoms with Crippen LogP contribution in [0.15, 0.2) is 65.1 Å². The molecule has 1 fully saturated rings. The van der Waals surface area contributed by atoms with Gasteiger partial charge in [-0.05, 0) is 76.5 Å². The van der Waals surface area contributed by atoms with E-state index in [1.165, 1.54) is 0 Å². The van der Waals surface area contributed by atoms with Gasteiger partial charge in [-0.25, -0.2) is 4.98 Å². The average molecular weight is 640 g/mol. The number of nitrogens with one attached hydrogen (secondary N) is 2. The van der Waals surface area contributed by atoms with Crippen LogP contribution in [0.3, 0.4) is 0 Å². The molecule has 0 aliphatic carbocycles. The summed E-state index contributed by atoms with van der Waals surface area (Å²) >= 11 is 3.60. The molecule has 0 saturated carbocycles. The Balaban J connectivity index is 1.30. The quantitative estimate of drug-likeness (QED) is 0.187. The van der Waals surface area contributed by atoms with Gasteiger partial charge in [0.05, 0.1) is 42.6 Å². The van der Waals surface area contributed by atoms with Crippen LogP contribution in [0.5, 0.6) is 17.5 Å². The number of para-hydroxylation sites is 2. The van der Waals surface area contributed by atoms with Gasteiger partial charge in [-0.2, -0.15) is 20.2 Å². The largest absolute Gasteiger partial charge is 0.493 e. The van der Waals surface area contributed by atoms with Gasteiger partial charge in [0.15, 0.2) is 11.5 Å². The molecule has 1 aliphatic heterocycles. The fraction of sp³-hybridized carbons (Fsp3) is 0.194. The molecule has 1 saturated heterocycles. The van der Waals surface area contributed by atoms with Gasteiger partial charge < -0.3 is 29.4 Å². The lowest BCUT2D eigenvalue weighted by molar-refractivity contribution is 0.122. The van der Waals surface area contributed by atoms with E-state index in [9.17, 15) is 5.26 Å². The number of H-pyrrole nitrogens is 1. The van der Waals surface area contributed by atoms with Crippen LogP contribution in [0.25, 0.3) is 22.7 Å². The summed E-state index contributed by atoms with van der Waals surface area (Å²) in [6.45, 7) is 4.47. The van der Waals surface area contributed by atoms with E-state index in [4.69, 9.17) is 14.2 Å². The number of hydrogen-bond donors (Lipinski definition) is 2. The molecule has 0 bridgehead atoms. The molecule has 6 rings (SSSR count). The van der Waals surface area contributed by atoms with Crippen molar-refractivity contribution in [3.8, 4) is 23.6 Å². The minimum absolute atomic E-state index is 0.101. The molecule has 0 radical (unpaired) electrons. The molecule has 0 unspecified atom stereocenters. The Labute approximate surface area is 256 Å². The molecule has 2 N–H and O–H groups in total. The predicted molar refractivity (Wildman–Crippen MR) is 168 cm³/mol. The lowest BCUT2D eigenvalue weighted by atomic mass is 10.1. The molecule has 43 heavy (non-hydrogen) atoms. The maximum absolute atomic E-state index is 9.86. The molecule has 0 atom stereocenters. The van der Waals surface area contributed by atoms with E-state index in [1.807, 2.05) is 60.4 Å². The lowest BCUT2D eigenvalue weighted by Gasteiger charge is -2.27. The van der Waals surface area contributed by atoms with Crippen LogP contribution in [-0.4, -0.2) is 58.3 Å². The Hall–Kier alpha value is -4.99. The Kier molecular flexibility index (Phi) is 8.17. The van der Waals surface area contributed by atoms with E-state index in [0.29, 0.717) is 61.1 Å². The number of allylic oxidation sites excluding steroid dienone is 1. The Morgan fingerprint density at radius 2 is 1.88 bits per heavy atom. The highest BCUT2D eigenvalue weighted by Gasteiger charge is 2.19. The Bertz CT molecular complexity index is 1830. The maximum Gasteiger partial charge on any atom is 0.328 e. The highest BCUT2D eigenvalue weighted by molar-refractivity contribution is 9.10. The van der Waals surface area contributed by atoms with Gasteiger partial charge in [0.1, 0.15) is 11.9 Å². The van der Waals surface area contributed by atoms with Crippen molar-refractivity contribution in [2.75, 3.05) is 43.6 Å². The molecule has 11 nitrogen and oxygen atoms in total. The number of anilines is 3. The second-order valence-electron chi connectivity index (χ2n) is 9.73. The number of methoxy groups -OCH3 is 1. The van der Waals surface area contributed by atoms with Crippen LogP contribution in [0, 0.1) is 18.3 Å². The lowest BCUT2D eigenvalue weighted by Crippen LogP contribution is -2.37. The maximum atomic E-state index is 9.86. The average Bonchev–Trinajstić information content (AvgIpc) is 3.46. The van der Waals surface area contributed by atoms with Gasteiger partial charge in [0, 0.05) is 17.6 Å². The van der Waals surface area contributed by atoms with Crippen molar-refractivity contribution in [3.05, 3.63) is 82.1 Å². The number of halogens is 1. The van der Waals surface area contributed by atoms with Crippen molar-refractivity contribution in [2.45, 2.75) is 6.92 Å². The van der Waals surface area contributed by atoms with Crippen LogP contribution in [0.2, 0.25) is 0 Å². The number of rotatable bonds is 8.